The van der Waals surface area contributed by atoms with Gasteiger partial charge in [0.15, 0.2) is 0 Å². The zero-order valence-electron chi connectivity index (χ0n) is 9.88. The second-order valence-electron chi connectivity index (χ2n) is 3.78. The Bertz CT molecular complexity index is 498. The van der Waals surface area contributed by atoms with Crippen LogP contribution in [0.25, 0.3) is 0 Å². The van der Waals surface area contributed by atoms with Gasteiger partial charge in [0.25, 0.3) is 0 Å². The van der Waals surface area contributed by atoms with Crippen molar-refractivity contribution in [3.8, 4) is 5.75 Å². The molecule has 17 heavy (non-hydrogen) atoms. The Kier molecular flexibility index (Phi) is 3.71. The van der Waals surface area contributed by atoms with Gasteiger partial charge in [-0.15, -0.1) is 11.3 Å². The lowest BCUT2D eigenvalue weighted by molar-refractivity contribution is 0.401. The molecule has 2 aromatic rings. The molecule has 0 aliphatic rings. The highest BCUT2D eigenvalue weighted by molar-refractivity contribution is 7.09. The Morgan fingerprint density at radius 3 is 3.00 bits per heavy atom. The van der Waals surface area contributed by atoms with Crippen LogP contribution in [0.5, 0.6) is 5.75 Å². The van der Waals surface area contributed by atoms with E-state index in [9.17, 15) is 0 Å². The number of hydrogen-bond donors (Lipinski definition) is 1. The van der Waals surface area contributed by atoms with Crippen molar-refractivity contribution >= 4 is 11.3 Å². The average Bonchev–Trinajstić information content (AvgIpc) is 2.74. The van der Waals surface area contributed by atoms with Crippen LogP contribution in [0.4, 0.5) is 0 Å². The van der Waals surface area contributed by atoms with Crippen LogP contribution in [-0.2, 0) is 6.42 Å². The van der Waals surface area contributed by atoms with Gasteiger partial charge in [-0.3, -0.25) is 4.98 Å². The largest absolute Gasteiger partial charge is 0.495 e. The molecule has 0 saturated heterocycles. The standard InChI is InChI=1S/C12H15N3OS/c1-8-7-17-11(15-8)6-9(13)12-10(16-2)4-3-5-14-12/h3-5,7,9H,6,13H2,1-2H3. The zero-order valence-corrected chi connectivity index (χ0v) is 10.7. The third-order valence-corrected chi connectivity index (χ3v) is 3.42. The molecule has 0 radical (unpaired) electrons. The van der Waals surface area contributed by atoms with E-state index in [1.807, 2.05) is 24.4 Å². The van der Waals surface area contributed by atoms with Gasteiger partial charge in [-0.1, -0.05) is 0 Å². The Balaban J connectivity index is 2.16. The van der Waals surface area contributed by atoms with Crippen molar-refractivity contribution in [2.24, 2.45) is 5.73 Å². The van der Waals surface area contributed by atoms with Crippen molar-refractivity contribution in [2.75, 3.05) is 7.11 Å². The summed E-state index contributed by atoms with van der Waals surface area (Å²) in [5.41, 5.74) is 7.95. The summed E-state index contributed by atoms with van der Waals surface area (Å²) in [6, 6.07) is 3.52. The number of methoxy groups -OCH3 is 1. The van der Waals surface area contributed by atoms with E-state index in [4.69, 9.17) is 10.5 Å². The lowest BCUT2D eigenvalue weighted by atomic mass is 10.1. The fourth-order valence-corrected chi connectivity index (χ4v) is 2.47. The van der Waals surface area contributed by atoms with Gasteiger partial charge >= 0.3 is 0 Å². The molecule has 1 atom stereocenters. The van der Waals surface area contributed by atoms with Crippen molar-refractivity contribution in [3.05, 3.63) is 40.1 Å². The van der Waals surface area contributed by atoms with Crippen molar-refractivity contribution in [2.45, 2.75) is 19.4 Å². The molecule has 0 aromatic carbocycles. The summed E-state index contributed by atoms with van der Waals surface area (Å²) < 4.78 is 5.25. The molecule has 0 aliphatic carbocycles. The van der Waals surface area contributed by atoms with Gasteiger partial charge in [-0.2, -0.15) is 0 Å². The third kappa shape index (κ3) is 2.81. The Morgan fingerprint density at radius 2 is 2.35 bits per heavy atom. The molecule has 0 saturated carbocycles. The summed E-state index contributed by atoms with van der Waals surface area (Å²) in [6.07, 6.45) is 2.41. The number of nitrogens with zero attached hydrogens (tertiary/aromatic N) is 2. The van der Waals surface area contributed by atoms with Crippen LogP contribution in [0.2, 0.25) is 0 Å². The summed E-state index contributed by atoms with van der Waals surface area (Å²) in [6.45, 7) is 1.98. The molecular formula is C12H15N3OS. The van der Waals surface area contributed by atoms with Gasteiger partial charge in [0.1, 0.15) is 5.75 Å². The lowest BCUT2D eigenvalue weighted by Crippen LogP contribution is -2.16. The van der Waals surface area contributed by atoms with Crippen LogP contribution in [0.15, 0.2) is 23.7 Å². The van der Waals surface area contributed by atoms with Crippen molar-refractivity contribution < 1.29 is 4.74 Å². The molecule has 5 heteroatoms. The SMILES string of the molecule is COc1cccnc1C(N)Cc1nc(C)cs1. The van der Waals surface area contributed by atoms with Gasteiger partial charge in [0.05, 0.1) is 23.9 Å². The van der Waals surface area contributed by atoms with Crippen molar-refractivity contribution in [1.29, 1.82) is 0 Å². The van der Waals surface area contributed by atoms with Gasteiger partial charge in [0, 0.05) is 23.7 Å². The van der Waals surface area contributed by atoms with Gasteiger partial charge < -0.3 is 10.5 Å². The maximum absolute atomic E-state index is 6.14. The fourth-order valence-electron chi connectivity index (χ4n) is 1.64. The first-order valence-electron chi connectivity index (χ1n) is 5.36. The van der Waals surface area contributed by atoms with E-state index in [0.717, 1.165) is 22.1 Å². The molecule has 0 spiro atoms. The molecule has 4 nitrogen and oxygen atoms in total. The smallest absolute Gasteiger partial charge is 0.141 e. The molecular weight excluding hydrogens is 234 g/mol. The molecule has 2 N–H and O–H groups in total. The number of nitrogens with two attached hydrogens (primary N) is 1. The van der Waals surface area contributed by atoms with E-state index in [1.165, 1.54) is 0 Å². The molecule has 0 amide bonds. The Labute approximate surface area is 104 Å². The van der Waals surface area contributed by atoms with Crippen LogP contribution < -0.4 is 10.5 Å². The molecule has 90 valence electrons. The topological polar surface area (TPSA) is 61.0 Å². The molecule has 2 rings (SSSR count). The number of aromatic nitrogens is 2. The normalized spacial score (nSPS) is 12.4. The van der Waals surface area contributed by atoms with E-state index in [1.54, 1.807) is 24.6 Å². The van der Waals surface area contributed by atoms with E-state index in [-0.39, 0.29) is 6.04 Å². The third-order valence-electron chi connectivity index (χ3n) is 2.43. The van der Waals surface area contributed by atoms with Crippen LogP contribution in [-0.4, -0.2) is 17.1 Å². The summed E-state index contributed by atoms with van der Waals surface area (Å²) in [4.78, 5) is 8.68. The second-order valence-corrected chi connectivity index (χ2v) is 4.73. The number of ether oxygens (including phenoxy) is 1. The van der Waals surface area contributed by atoms with Crippen LogP contribution >= 0.6 is 11.3 Å². The second kappa shape index (κ2) is 5.25. The Hall–Kier alpha value is -1.46. The summed E-state index contributed by atoms with van der Waals surface area (Å²) in [5.74, 6) is 0.730. The highest BCUT2D eigenvalue weighted by Crippen LogP contribution is 2.24. The zero-order chi connectivity index (χ0) is 12.3. The van der Waals surface area contributed by atoms with Crippen LogP contribution in [0, 0.1) is 6.92 Å². The molecule has 1 unspecified atom stereocenters. The highest BCUT2D eigenvalue weighted by Gasteiger charge is 2.15. The molecule has 0 bridgehead atoms. The maximum Gasteiger partial charge on any atom is 0.141 e. The Morgan fingerprint density at radius 1 is 1.53 bits per heavy atom. The number of aryl methyl sites for hydroxylation is 1. The van der Waals surface area contributed by atoms with E-state index >= 15 is 0 Å². The first-order valence-corrected chi connectivity index (χ1v) is 6.24. The van der Waals surface area contributed by atoms with Gasteiger partial charge in [-0.05, 0) is 19.1 Å². The summed E-state index contributed by atoms with van der Waals surface area (Å²) >= 11 is 1.63. The minimum Gasteiger partial charge on any atom is -0.495 e. The fraction of sp³-hybridized carbons (Fsp3) is 0.333. The molecule has 0 fully saturated rings. The quantitative estimate of drug-likeness (QED) is 0.901. The van der Waals surface area contributed by atoms with Crippen molar-refractivity contribution in [1.82, 2.24) is 9.97 Å². The summed E-state index contributed by atoms with van der Waals surface area (Å²) in [5, 5.41) is 3.06. The number of thiazole rings is 1. The predicted molar refractivity (Wildman–Crippen MR) is 68.3 cm³/mol. The van der Waals surface area contributed by atoms with Gasteiger partial charge in [0.2, 0.25) is 0 Å². The van der Waals surface area contributed by atoms with Crippen LogP contribution in [0.3, 0.4) is 0 Å². The van der Waals surface area contributed by atoms with E-state index in [0.29, 0.717) is 6.42 Å². The molecule has 0 aliphatic heterocycles. The minimum atomic E-state index is -0.184. The number of rotatable bonds is 4. The highest BCUT2D eigenvalue weighted by atomic mass is 32.1. The first kappa shape index (κ1) is 12.0. The van der Waals surface area contributed by atoms with Crippen molar-refractivity contribution in [3.63, 3.8) is 0 Å². The van der Waals surface area contributed by atoms with E-state index < -0.39 is 0 Å². The van der Waals surface area contributed by atoms with Crippen LogP contribution in [0.1, 0.15) is 22.4 Å². The molecule has 2 heterocycles. The monoisotopic (exact) mass is 249 g/mol. The maximum atomic E-state index is 6.14. The first-order chi connectivity index (χ1) is 8.20. The number of hydrogen-bond acceptors (Lipinski definition) is 5. The predicted octanol–water partition coefficient (Wildman–Crippen LogP) is 2.10. The molecule has 2 aromatic heterocycles. The average molecular weight is 249 g/mol. The van der Waals surface area contributed by atoms with E-state index in [2.05, 4.69) is 9.97 Å². The van der Waals surface area contributed by atoms with Gasteiger partial charge in [-0.25, -0.2) is 4.98 Å². The number of pyridine rings is 1. The minimum absolute atomic E-state index is 0.184. The summed E-state index contributed by atoms with van der Waals surface area (Å²) in [7, 11) is 1.63. The lowest BCUT2D eigenvalue weighted by Gasteiger charge is -2.12.